The summed E-state index contributed by atoms with van der Waals surface area (Å²) in [7, 11) is 0. The minimum Gasteiger partial charge on any atom is -0.331 e. The summed E-state index contributed by atoms with van der Waals surface area (Å²) in [4.78, 5) is 16.1. The van der Waals surface area contributed by atoms with Crippen molar-refractivity contribution in [2.24, 2.45) is 5.92 Å². The first-order valence-corrected chi connectivity index (χ1v) is 8.85. The number of benzene rings is 1. The number of hydrogen-bond donors (Lipinski definition) is 1. The van der Waals surface area contributed by atoms with Crippen LogP contribution in [0.4, 0.5) is 4.79 Å². The minimum absolute atomic E-state index is 0.0811. The lowest BCUT2D eigenvalue weighted by atomic mass is 10.0. The molecular weight excluding hydrogens is 292 g/mol. The number of nitrogens with zero attached hydrogens (tertiary/aromatic N) is 1. The van der Waals surface area contributed by atoms with Crippen molar-refractivity contribution in [3.8, 4) is 0 Å². The Bertz CT molecular complexity index is 663. The second kappa shape index (κ2) is 5.76. The van der Waals surface area contributed by atoms with E-state index < -0.39 is 0 Å². The second-order valence-electron chi connectivity index (χ2n) is 6.22. The third-order valence-electron chi connectivity index (χ3n) is 4.63. The Labute approximate surface area is 135 Å². The molecule has 0 saturated heterocycles. The van der Waals surface area contributed by atoms with Gasteiger partial charge in [0.1, 0.15) is 0 Å². The Balaban J connectivity index is 1.47. The molecule has 1 N–H and O–H groups in total. The zero-order valence-corrected chi connectivity index (χ0v) is 13.3. The summed E-state index contributed by atoms with van der Waals surface area (Å²) < 4.78 is 0. The van der Waals surface area contributed by atoms with Gasteiger partial charge in [0.05, 0.1) is 6.04 Å². The molecule has 1 unspecified atom stereocenters. The zero-order chi connectivity index (χ0) is 14.9. The molecule has 1 fully saturated rings. The predicted octanol–water partition coefficient (Wildman–Crippen LogP) is 3.97. The molecular formula is C18H20N2OS. The summed E-state index contributed by atoms with van der Waals surface area (Å²) in [5.41, 5.74) is 2.54. The quantitative estimate of drug-likeness (QED) is 0.914. The van der Waals surface area contributed by atoms with Gasteiger partial charge in [-0.3, -0.25) is 0 Å². The molecule has 3 nitrogen and oxygen atoms in total. The van der Waals surface area contributed by atoms with Crippen LogP contribution in [-0.4, -0.2) is 17.5 Å². The van der Waals surface area contributed by atoms with E-state index in [1.54, 1.807) is 11.3 Å². The van der Waals surface area contributed by atoms with Crippen LogP contribution in [0.15, 0.2) is 41.8 Å². The average molecular weight is 312 g/mol. The van der Waals surface area contributed by atoms with E-state index in [-0.39, 0.29) is 12.1 Å². The molecule has 1 atom stereocenters. The Kier molecular flexibility index (Phi) is 3.62. The molecule has 4 heteroatoms. The van der Waals surface area contributed by atoms with Crippen LogP contribution >= 0.6 is 11.3 Å². The number of fused-ring (bicyclic) bond motifs is 1. The van der Waals surface area contributed by atoms with E-state index in [9.17, 15) is 4.79 Å². The third kappa shape index (κ3) is 2.75. The Morgan fingerprint density at radius 3 is 2.82 bits per heavy atom. The number of nitrogens with one attached hydrogen (secondary N) is 1. The largest absolute Gasteiger partial charge is 0.331 e. The number of amides is 2. The highest BCUT2D eigenvalue weighted by Gasteiger charge is 2.34. The topological polar surface area (TPSA) is 32.3 Å². The maximum atomic E-state index is 12.7. The molecule has 114 valence electrons. The fourth-order valence-corrected chi connectivity index (χ4v) is 4.10. The molecule has 2 heterocycles. The van der Waals surface area contributed by atoms with Crippen LogP contribution in [0.3, 0.4) is 0 Å². The monoisotopic (exact) mass is 312 g/mol. The van der Waals surface area contributed by atoms with Crippen LogP contribution in [0.25, 0.3) is 0 Å². The Hall–Kier alpha value is -1.81. The van der Waals surface area contributed by atoms with Gasteiger partial charge in [-0.05, 0) is 47.8 Å². The molecule has 1 saturated carbocycles. The van der Waals surface area contributed by atoms with Crippen molar-refractivity contribution in [2.45, 2.75) is 31.8 Å². The van der Waals surface area contributed by atoms with Crippen LogP contribution in [0.1, 0.15) is 34.9 Å². The predicted molar refractivity (Wildman–Crippen MR) is 88.9 cm³/mol. The number of rotatable bonds is 3. The number of hydrogen-bond acceptors (Lipinski definition) is 2. The Morgan fingerprint density at radius 2 is 2.05 bits per heavy atom. The first-order valence-electron chi connectivity index (χ1n) is 7.97. The molecule has 1 aromatic carbocycles. The first-order chi connectivity index (χ1) is 10.8. The van der Waals surface area contributed by atoms with Crippen molar-refractivity contribution in [1.82, 2.24) is 10.2 Å². The summed E-state index contributed by atoms with van der Waals surface area (Å²) >= 11 is 1.81. The van der Waals surface area contributed by atoms with Gasteiger partial charge in [0.15, 0.2) is 0 Å². The summed E-state index contributed by atoms with van der Waals surface area (Å²) in [5, 5.41) is 5.41. The second-order valence-corrected chi connectivity index (χ2v) is 7.22. The van der Waals surface area contributed by atoms with Crippen molar-refractivity contribution >= 4 is 17.4 Å². The zero-order valence-electron chi connectivity index (χ0n) is 12.5. The van der Waals surface area contributed by atoms with Crippen LogP contribution < -0.4 is 5.32 Å². The van der Waals surface area contributed by atoms with Gasteiger partial charge in [0.25, 0.3) is 0 Å². The number of thiophene rings is 1. The molecule has 1 aromatic heterocycles. The van der Waals surface area contributed by atoms with Gasteiger partial charge in [0, 0.05) is 18.0 Å². The molecule has 22 heavy (non-hydrogen) atoms. The fraction of sp³-hybridized carbons (Fsp3) is 0.389. The van der Waals surface area contributed by atoms with Crippen LogP contribution in [0.2, 0.25) is 0 Å². The number of urea groups is 1. The molecule has 0 spiro atoms. The van der Waals surface area contributed by atoms with Crippen LogP contribution in [0, 0.1) is 5.92 Å². The molecule has 1 aliphatic heterocycles. The van der Waals surface area contributed by atoms with Crippen molar-refractivity contribution in [3.05, 3.63) is 57.8 Å². The van der Waals surface area contributed by atoms with E-state index in [1.807, 2.05) is 11.0 Å². The minimum atomic E-state index is 0.0811. The fourth-order valence-electron chi connectivity index (χ4n) is 3.21. The lowest BCUT2D eigenvalue weighted by Crippen LogP contribution is -2.44. The van der Waals surface area contributed by atoms with Crippen molar-refractivity contribution in [1.29, 1.82) is 0 Å². The van der Waals surface area contributed by atoms with Crippen LogP contribution in [0.5, 0.6) is 0 Å². The maximum absolute atomic E-state index is 12.7. The lowest BCUT2D eigenvalue weighted by molar-refractivity contribution is 0.187. The van der Waals surface area contributed by atoms with E-state index in [0.717, 1.165) is 19.5 Å². The molecule has 1 aliphatic carbocycles. The summed E-state index contributed by atoms with van der Waals surface area (Å²) in [5.74, 6) is 0.604. The molecule has 2 amide bonds. The molecule has 4 rings (SSSR count). The summed E-state index contributed by atoms with van der Waals surface area (Å²) in [6.45, 7) is 1.57. The van der Waals surface area contributed by atoms with Crippen LogP contribution in [-0.2, 0) is 13.0 Å². The highest BCUT2D eigenvalue weighted by molar-refractivity contribution is 7.10. The van der Waals surface area contributed by atoms with Crippen molar-refractivity contribution < 1.29 is 4.79 Å². The third-order valence-corrected chi connectivity index (χ3v) is 5.65. The SMILES string of the molecule is O=C(NC(c1ccccc1)C1CC1)N1CCc2sccc2C1. The molecule has 0 radical (unpaired) electrons. The molecule has 2 aromatic rings. The number of carbonyl (C=O) groups excluding carboxylic acids is 1. The van der Waals surface area contributed by atoms with Crippen molar-refractivity contribution in [2.75, 3.05) is 6.54 Å². The number of carbonyl (C=O) groups is 1. The van der Waals surface area contributed by atoms with Gasteiger partial charge in [-0.15, -0.1) is 11.3 Å². The van der Waals surface area contributed by atoms with E-state index >= 15 is 0 Å². The summed E-state index contributed by atoms with van der Waals surface area (Å²) in [6, 6.07) is 12.8. The summed E-state index contributed by atoms with van der Waals surface area (Å²) in [6.07, 6.45) is 3.42. The normalized spacial score (nSPS) is 18.6. The lowest BCUT2D eigenvalue weighted by Gasteiger charge is -2.29. The standard InChI is InChI=1S/C18H20N2OS/c21-18(20-10-8-16-15(12-20)9-11-22-16)19-17(14-6-7-14)13-4-2-1-3-5-13/h1-5,9,11,14,17H,6-8,10,12H2,(H,19,21). The maximum Gasteiger partial charge on any atom is 0.318 e. The Morgan fingerprint density at radius 1 is 1.23 bits per heavy atom. The highest BCUT2D eigenvalue weighted by Crippen LogP contribution is 2.41. The van der Waals surface area contributed by atoms with E-state index in [1.165, 1.54) is 28.8 Å². The highest BCUT2D eigenvalue weighted by atomic mass is 32.1. The molecule has 2 aliphatic rings. The first kappa shape index (κ1) is 13.8. The van der Waals surface area contributed by atoms with E-state index in [4.69, 9.17) is 0 Å². The van der Waals surface area contributed by atoms with Gasteiger partial charge in [-0.2, -0.15) is 0 Å². The van der Waals surface area contributed by atoms with Gasteiger partial charge in [-0.1, -0.05) is 30.3 Å². The van der Waals surface area contributed by atoms with E-state index in [2.05, 4.69) is 41.0 Å². The van der Waals surface area contributed by atoms with E-state index in [0.29, 0.717) is 5.92 Å². The van der Waals surface area contributed by atoms with Gasteiger partial charge >= 0.3 is 6.03 Å². The van der Waals surface area contributed by atoms with Gasteiger partial charge < -0.3 is 10.2 Å². The van der Waals surface area contributed by atoms with Gasteiger partial charge in [-0.25, -0.2) is 4.79 Å². The smallest absolute Gasteiger partial charge is 0.318 e. The van der Waals surface area contributed by atoms with Gasteiger partial charge in [0.2, 0.25) is 0 Å². The molecule has 0 bridgehead atoms. The average Bonchev–Trinajstić information content (AvgIpc) is 3.29. The van der Waals surface area contributed by atoms with Crippen molar-refractivity contribution in [3.63, 3.8) is 0 Å².